The molecule has 1 rings (SSSR count). The van der Waals surface area contributed by atoms with E-state index in [9.17, 15) is 0 Å². The first kappa shape index (κ1) is 11.2. The van der Waals surface area contributed by atoms with Crippen LogP contribution in [0.15, 0.2) is 4.52 Å². The van der Waals surface area contributed by atoms with Gasteiger partial charge >= 0.3 is 0 Å². The van der Waals surface area contributed by atoms with Gasteiger partial charge in [0.25, 0.3) is 0 Å². The Kier molecular flexibility index (Phi) is 3.63. The number of nitrogens with two attached hydrogens (primary N) is 1. The molecule has 2 atom stereocenters. The van der Waals surface area contributed by atoms with E-state index in [1.165, 1.54) is 0 Å². The highest BCUT2D eigenvalue weighted by Gasteiger charge is 2.21. The molecule has 2 N–H and O–H groups in total. The van der Waals surface area contributed by atoms with Gasteiger partial charge in [-0.1, -0.05) is 25.9 Å². The van der Waals surface area contributed by atoms with Crippen LogP contribution in [0.3, 0.4) is 0 Å². The highest BCUT2D eigenvalue weighted by atomic mass is 16.5. The maximum atomic E-state index is 5.84. The van der Waals surface area contributed by atoms with Crippen molar-refractivity contribution in [1.82, 2.24) is 10.1 Å². The monoisotopic (exact) mass is 197 g/mol. The largest absolute Gasteiger partial charge is 0.339 e. The molecule has 0 saturated carbocycles. The van der Waals surface area contributed by atoms with E-state index in [2.05, 4.69) is 17.1 Å². The Hall–Kier alpha value is -0.900. The second-order valence-corrected chi connectivity index (χ2v) is 4.02. The van der Waals surface area contributed by atoms with Crippen molar-refractivity contribution in [2.24, 2.45) is 5.73 Å². The molecule has 4 nitrogen and oxygen atoms in total. The molecule has 14 heavy (non-hydrogen) atoms. The third kappa shape index (κ3) is 2.32. The van der Waals surface area contributed by atoms with Crippen molar-refractivity contribution in [3.05, 3.63) is 11.7 Å². The van der Waals surface area contributed by atoms with Crippen molar-refractivity contribution >= 4 is 0 Å². The minimum Gasteiger partial charge on any atom is -0.339 e. The van der Waals surface area contributed by atoms with Crippen LogP contribution in [-0.2, 0) is 0 Å². The number of hydrogen-bond acceptors (Lipinski definition) is 4. The zero-order chi connectivity index (χ0) is 10.7. The fourth-order valence-electron chi connectivity index (χ4n) is 1.40. The maximum Gasteiger partial charge on any atom is 0.231 e. The third-order valence-electron chi connectivity index (χ3n) is 2.37. The molecular formula is C10H19N3O. The summed E-state index contributed by atoms with van der Waals surface area (Å²) >= 11 is 0. The molecule has 0 aliphatic heterocycles. The smallest absolute Gasteiger partial charge is 0.231 e. The summed E-state index contributed by atoms with van der Waals surface area (Å²) in [5, 5.41) is 3.93. The van der Waals surface area contributed by atoms with Crippen LogP contribution >= 0.6 is 0 Å². The van der Waals surface area contributed by atoms with Gasteiger partial charge in [0, 0.05) is 12.0 Å². The average Bonchev–Trinajstić information content (AvgIpc) is 2.53. The van der Waals surface area contributed by atoms with E-state index < -0.39 is 0 Å². The molecule has 1 heterocycles. The topological polar surface area (TPSA) is 64.9 Å². The van der Waals surface area contributed by atoms with Crippen LogP contribution in [0, 0.1) is 0 Å². The van der Waals surface area contributed by atoms with E-state index >= 15 is 0 Å². The Morgan fingerprint density at radius 3 is 2.36 bits per heavy atom. The quantitative estimate of drug-likeness (QED) is 0.802. The lowest BCUT2D eigenvalue weighted by atomic mass is 9.99. The summed E-state index contributed by atoms with van der Waals surface area (Å²) in [6.45, 7) is 8.13. The van der Waals surface area contributed by atoms with E-state index in [-0.39, 0.29) is 12.0 Å². The van der Waals surface area contributed by atoms with E-state index in [0.29, 0.717) is 11.8 Å². The number of nitrogens with zero attached hydrogens (tertiary/aromatic N) is 2. The summed E-state index contributed by atoms with van der Waals surface area (Å²) < 4.78 is 5.20. The van der Waals surface area contributed by atoms with E-state index in [1.54, 1.807) is 0 Å². The van der Waals surface area contributed by atoms with Gasteiger partial charge in [-0.2, -0.15) is 4.98 Å². The first-order chi connectivity index (χ1) is 6.56. The molecule has 4 heteroatoms. The van der Waals surface area contributed by atoms with E-state index in [1.807, 2.05) is 20.8 Å². The highest BCUT2D eigenvalue weighted by molar-refractivity contribution is 4.99. The second-order valence-electron chi connectivity index (χ2n) is 4.02. The van der Waals surface area contributed by atoms with Gasteiger partial charge in [0.2, 0.25) is 5.89 Å². The summed E-state index contributed by atoms with van der Waals surface area (Å²) in [6, 6.07) is 0.0560. The van der Waals surface area contributed by atoms with Crippen LogP contribution < -0.4 is 5.73 Å². The highest BCUT2D eigenvalue weighted by Crippen LogP contribution is 2.22. The van der Waals surface area contributed by atoms with Crippen molar-refractivity contribution in [2.75, 3.05) is 0 Å². The van der Waals surface area contributed by atoms with Gasteiger partial charge in [-0.3, -0.25) is 0 Å². The Morgan fingerprint density at radius 1 is 1.36 bits per heavy atom. The van der Waals surface area contributed by atoms with Crippen LogP contribution in [0.4, 0.5) is 0 Å². The molecule has 1 aromatic heterocycles. The molecule has 0 aromatic carbocycles. The fraction of sp³-hybridized carbons (Fsp3) is 0.800. The lowest BCUT2D eigenvalue weighted by Gasteiger charge is -2.13. The van der Waals surface area contributed by atoms with Gasteiger partial charge in [-0.05, 0) is 13.3 Å². The predicted octanol–water partition coefficient (Wildman–Crippen LogP) is 2.03. The SMILES string of the molecule is CCC(c1nc(C(C)C)no1)C(C)N. The second kappa shape index (κ2) is 4.55. The Labute approximate surface area is 84.9 Å². The van der Waals surface area contributed by atoms with Crippen LogP contribution in [0.5, 0.6) is 0 Å². The molecule has 80 valence electrons. The molecular weight excluding hydrogens is 178 g/mol. The van der Waals surface area contributed by atoms with Gasteiger partial charge < -0.3 is 10.3 Å². The van der Waals surface area contributed by atoms with Gasteiger partial charge in [0.15, 0.2) is 5.82 Å². The van der Waals surface area contributed by atoms with E-state index in [0.717, 1.165) is 12.2 Å². The van der Waals surface area contributed by atoms with Crippen molar-refractivity contribution < 1.29 is 4.52 Å². The number of hydrogen-bond donors (Lipinski definition) is 1. The van der Waals surface area contributed by atoms with Crippen LogP contribution in [0.2, 0.25) is 0 Å². The first-order valence-corrected chi connectivity index (χ1v) is 5.15. The normalized spacial score (nSPS) is 15.9. The maximum absolute atomic E-state index is 5.84. The first-order valence-electron chi connectivity index (χ1n) is 5.15. The molecule has 0 radical (unpaired) electrons. The van der Waals surface area contributed by atoms with Crippen molar-refractivity contribution in [3.63, 3.8) is 0 Å². The minimum absolute atomic E-state index is 0.0560. The zero-order valence-electron chi connectivity index (χ0n) is 9.32. The lowest BCUT2D eigenvalue weighted by Crippen LogP contribution is -2.24. The molecule has 0 amide bonds. The molecule has 0 aliphatic rings. The van der Waals surface area contributed by atoms with Crippen LogP contribution in [-0.4, -0.2) is 16.2 Å². The molecule has 0 aliphatic carbocycles. The van der Waals surface area contributed by atoms with Crippen LogP contribution in [0.1, 0.15) is 57.7 Å². The van der Waals surface area contributed by atoms with Crippen molar-refractivity contribution in [1.29, 1.82) is 0 Å². The Bertz CT molecular complexity index is 281. The van der Waals surface area contributed by atoms with Gasteiger partial charge in [-0.25, -0.2) is 0 Å². The van der Waals surface area contributed by atoms with Gasteiger partial charge in [0.1, 0.15) is 0 Å². The number of aromatic nitrogens is 2. The summed E-state index contributed by atoms with van der Waals surface area (Å²) in [5.74, 6) is 1.92. The number of rotatable bonds is 4. The van der Waals surface area contributed by atoms with E-state index in [4.69, 9.17) is 10.3 Å². The lowest BCUT2D eigenvalue weighted by molar-refractivity contribution is 0.330. The summed E-state index contributed by atoms with van der Waals surface area (Å²) in [7, 11) is 0. The summed E-state index contributed by atoms with van der Waals surface area (Å²) in [6.07, 6.45) is 0.928. The van der Waals surface area contributed by atoms with Gasteiger partial charge in [0.05, 0.1) is 5.92 Å². The summed E-state index contributed by atoms with van der Waals surface area (Å²) in [4.78, 5) is 4.34. The van der Waals surface area contributed by atoms with Gasteiger partial charge in [-0.15, -0.1) is 0 Å². The summed E-state index contributed by atoms with van der Waals surface area (Å²) in [5.41, 5.74) is 5.84. The van der Waals surface area contributed by atoms with Crippen molar-refractivity contribution in [3.8, 4) is 0 Å². The third-order valence-corrected chi connectivity index (χ3v) is 2.37. The fourth-order valence-corrected chi connectivity index (χ4v) is 1.40. The van der Waals surface area contributed by atoms with Crippen molar-refractivity contribution in [2.45, 2.75) is 52.0 Å². The molecule has 1 aromatic rings. The minimum atomic E-state index is 0.0560. The Morgan fingerprint density at radius 2 is 2.00 bits per heavy atom. The standard InChI is InChI=1S/C10H19N3O/c1-5-8(7(4)11)10-12-9(6(2)3)13-14-10/h6-8H,5,11H2,1-4H3. The molecule has 0 fully saturated rings. The molecule has 0 saturated heterocycles. The molecule has 2 unspecified atom stereocenters. The van der Waals surface area contributed by atoms with Crippen LogP contribution in [0.25, 0.3) is 0 Å². The average molecular weight is 197 g/mol. The Balaban J connectivity index is 2.84. The zero-order valence-corrected chi connectivity index (χ0v) is 9.32. The molecule has 0 bridgehead atoms. The molecule has 0 spiro atoms. The predicted molar refractivity (Wildman–Crippen MR) is 55.1 cm³/mol.